The number of hydrogen-bond donors (Lipinski definition) is 2. The van der Waals surface area contributed by atoms with Crippen LogP contribution in [-0.2, 0) is 11.3 Å². The lowest BCUT2D eigenvalue weighted by molar-refractivity contribution is 0.0783. The van der Waals surface area contributed by atoms with Gasteiger partial charge in [0.05, 0.1) is 6.61 Å². The fourth-order valence-corrected chi connectivity index (χ4v) is 3.58. The number of guanidine groups is 1. The minimum Gasteiger partial charge on any atom is -0.494 e. The van der Waals surface area contributed by atoms with Crippen molar-refractivity contribution in [1.82, 2.24) is 10.6 Å². The first-order chi connectivity index (χ1) is 11.7. The van der Waals surface area contributed by atoms with Crippen molar-refractivity contribution in [2.75, 3.05) is 39.7 Å². The van der Waals surface area contributed by atoms with Gasteiger partial charge < -0.3 is 20.1 Å². The average molecular weight is 352 g/mol. The molecule has 134 valence electrons. The number of aliphatic imine (C=N–C) groups is 1. The summed E-state index contributed by atoms with van der Waals surface area (Å²) in [4.78, 5) is 4.34. The van der Waals surface area contributed by atoms with Gasteiger partial charge in [-0.1, -0.05) is 18.2 Å². The summed E-state index contributed by atoms with van der Waals surface area (Å²) in [5, 5.41) is 6.86. The lowest BCUT2D eigenvalue weighted by Gasteiger charge is -2.36. The zero-order valence-corrected chi connectivity index (χ0v) is 15.7. The topological polar surface area (TPSA) is 54.9 Å². The van der Waals surface area contributed by atoms with Crippen LogP contribution in [0.25, 0.3) is 0 Å². The fraction of sp³-hybridized carbons (Fsp3) is 0.611. The number of nitrogens with zero attached hydrogens (tertiary/aromatic N) is 1. The Morgan fingerprint density at radius 3 is 2.71 bits per heavy atom. The standard InChI is InChI=1S/C18H29N3O2S/c1-4-23-16-8-6-5-7-15(16)13-20-17(19-2)21-14-18(24-3)9-11-22-12-10-18/h5-8H,4,9-14H2,1-3H3,(H2,19,20,21). The van der Waals surface area contributed by atoms with Gasteiger partial charge in [0.25, 0.3) is 0 Å². The lowest BCUT2D eigenvalue weighted by atomic mass is 9.99. The summed E-state index contributed by atoms with van der Waals surface area (Å²) in [6.07, 6.45) is 4.33. The summed E-state index contributed by atoms with van der Waals surface area (Å²) >= 11 is 1.92. The van der Waals surface area contributed by atoms with Crippen LogP contribution in [0.5, 0.6) is 5.75 Å². The average Bonchev–Trinajstić information content (AvgIpc) is 2.64. The van der Waals surface area contributed by atoms with Gasteiger partial charge in [-0.15, -0.1) is 0 Å². The van der Waals surface area contributed by atoms with Gasteiger partial charge in [0.1, 0.15) is 5.75 Å². The van der Waals surface area contributed by atoms with E-state index in [0.717, 1.165) is 49.9 Å². The third-order valence-electron chi connectivity index (χ3n) is 4.36. The highest BCUT2D eigenvalue weighted by atomic mass is 32.2. The molecule has 2 rings (SSSR count). The maximum Gasteiger partial charge on any atom is 0.191 e. The van der Waals surface area contributed by atoms with Crippen molar-refractivity contribution < 1.29 is 9.47 Å². The van der Waals surface area contributed by atoms with Gasteiger partial charge in [-0.25, -0.2) is 0 Å². The molecule has 2 N–H and O–H groups in total. The first kappa shape index (κ1) is 18.9. The van der Waals surface area contributed by atoms with Crippen LogP contribution in [0.2, 0.25) is 0 Å². The van der Waals surface area contributed by atoms with Gasteiger partial charge in [-0.2, -0.15) is 11.8 Å². The summed E-state index contributed by atoms with van der Waals surface area (Å²) in [7, 11) is 1.81. The van der Waals surface area contributed by atoms with E-state index in [4.69, 9.17) is 9.47 Å². The Hall–Kier alpha value is -1.40. The van der Waals surface area contributed by atoms with Crippen LogP contribution < -0.4 is 15.4 Å². The molecule has 0 atom stereocenters. The number of thioether (sulfide) groups is 1. The molecule has 6 heteroatoms. The molecule has 0 aromatic heterocycles. The van der Waals surface area contributed by atoms with Crippen molar-refractivity contribution >= 4 is 17.7 Å². The summed E-state index contributed by atoms with van der Waals surface area (Å²) in [6.45, 7) is 5.94. The van der Waals surface area contributed by atoms with E-state index in [9.17, 15) is 0 Å². The Labute approximate surface area is 149 Å². The Bertz CT molecular complexity index is 531. The van der Waals surface area contributed by atoms with Crippen molar-refractivity contribution in [3.8, 4) is 5.75 Å². The third-order valence-corrected chi connectivity index (χ3v) is 5.78. The smallest absolute Gasteiger partial charge is 0.191 e. The molecule has 1 aliphatic rings. The second-order valence-corrected chi connectivity index (χ2v) is 7.09. The van der Waals surface area contributed by atoms with E-state index in [1.165, 1.54) is 0 Å². The molecule has 1 aromatic rings. The molecule has 0 saturated carbocycles. The molecule has 1 aliphatic heterocycles. The SMILES string of the molecule is CCOc1ccccc1CNC(=NC)NCC1(SC)CCOCC1. The van der Waals surface area contributed by atoms with Crippen LogP contribution >= 0.6 is 11.8 Å². The number of hydrogen-bond acceptors (Lipinski definition) is 4. The molecule has 1 aromatic carbocycles. The monoisotopic (exact) mass is 351 g/mol. The van der Waals surface area contributed by atoms with Crippen LogP contribution in [-0.4, -0.2) is 50.4 Å². The van der Waals surface area contributed by atoms with Crippen molar-refractivity contribution in [2.45, 2.75) is 31.1 Å². The quantitative estimate of drug-likeness (QED) is 0.584. The molecule has 1 heterocycles. The molecule has 0 radical (unpaired) electrons. The Balaban J connectivity index is 1.89. The van der Waals surface area contributed by atoms with Crippen molar-refractivity contribution in [1.29, 1.82) is 0 Å². The molecule has 1 saturated heterocycles. The van der Waals surface area contributed by atoms with Crippen LogP contribution in [0.3, 0.4) is 0 Å². The highest BCUT2D eigenvalue weighted by molar-refractivity contribution is 8.00. The summed E-state index contributed by atoms with van der Waals surface area (Å²) in [5.74, 6) is 1.74. The van der Waals surface area contributed by atoms with E-state index in [1.807, 2.05) is 36.9 Å². The lowest BCUT2D eigenvalue weighted by Crippen LogP contribution is -2.47. The number of nitrogens with one attached hydrogen (secondary N) is 2. The second kappa shape index (κ2) is 9.79. The van der Waals surface area contributed by atoms with E-state index in [1.54, 1.807) is 7.05 Å². The van der Waals surface area contributed by atoms with Crippen LogP contribution in [0.1, 0.15) is 25.3 Å². The number of rotatable bonds is 7. The Kier molecular flexibility index (Phi) is 7.72. The molecule has 0 aliphatic carbocycles. The van der Waals surface area contributed by atoms with E-state index in [-0.39, 0.29) is 4.75 Å². The second-order valence-electron chi connectivity index (χ2n) is 5.82. The summed E-state index contributed by atoms with van der Waals surface area (Å²) in [5.41, 5.74) is 1.13. The molecular weight excluding hydrogens is 322 g/mol. The Morgan fingerprint density at radius 1 is 1.29 bits per heavy atom. The number of benzene rings is 1. The zero-order valence-electron chi connectivity index (χ0n) is 14.9. The van der Waals surface area contributed by atoms with Crippen LogP contribution in [0, 0.1) is 0 Å². The van der Waals surface area contributed by atoms with Crippen molar-refractivity contribution in [2.24, 2.45) is 4.99 Å². The molecule has 0 unspecified atom stereocenters. The third kappa shape index (κ3) is 5.31. The van der Waals surface area contributed by atoms with Crippen molar-refractivity contribution in [3.63, 3.8) is 0 Å². The van der Waals surface area contributed by atoms with E-state index in [0.29, 0.717) is 13.2 Å². The van der Waals surface area contributed by atoms with E-state index in [2.05, 4.69) is 27.9 Å². The largest absolute Gasteiger partial charge is 0.494 e. The minimum atomic E-state index is 0.235. The van der Waals surface area contributed by atoms with Crippen LogP contribution in [0.15, 0.2) is 29.3 Å². The van der Waals surface area contributed by atoms with E-state index < -0.39 is 0 Å². The molecule has 5 nitrogen and oxygen atoms in total. The van der Waals surface area contributed by atoms with Crippen LogP contribution in [0.4, 0.5) is 0 Å². The predicted molar refractivity (Wildman–Crippen MR) is 102 cm³/mol. The molecule has 24 heavy (non-hydrogen) atoms. The van der Waals surface area contributed by atoms with Gasteiger partial charge in [0.15, 0.2) is 5.96 Å². The first-order valence-corrected chi connectivity index (χ1v) is 9.73. The Morgan fingerprint density at radius 2 is 2.04 bits per heavy atom. The number of para-hydroxylation sites is 1. The summed E-state index contributed by atoms with van der Waals surface area (Å²) < 4.78 is 11.4. The minimum absolute atomic E-state index is 0.235. The normalized spacial score (nSPS) is 17.4. The van der Waals surface area contributed by atoms with Crippen molar-refractivity contribution in [3.05, 3.63) is 29.8 Å². The maximum absolute atomic E-state index is 5.67. The van der Waals surface area contributed by atoms with Gasteiger partial charge >= 0.3 is 0 Å². The van der Waals surface area contributed by atoms with Gasteiger partial charge in [0.2, 0.25) is 0 Å². The fourth-order valence-electron chi connectivity index (χ4n) is 2.79. The predicted octanol–water partition coefficient (Wildman–Crippen LogP) is 2.66. The van der Waals surface area contributed by atoms with Gasteiger partial charge in [-0.05, 0) is 32.1 Å². The van der Waals surface area contributed by atoms with E-state index >= 15 is 0 Å². The molecule has 0 bridgehead atoms. The highest BCUT2D eigenvalue weighted by Crippen LogP contribution is 2.32. The zero-order chi connectivity index (χ0) is 17.3. The molecular formula is C18H29N3O2S. The molecule has 1 fully saturated rings. The van der Waals surface area contributed by atoms with Gasteiger partial charge in [0, 0.05) is 43.7 Å². The molecule has 0 spiro atoms. The number of ether oxygens (including phenoxy) is 2. The van der Waals surface area contributed by atoms with Gasteiger partial charge in [-0.3, -0.25) is 4.99 Å². The maximum atomic E-state index is 5.67. The molecule has 0 amide bonds. The first-order valence-electron chi connectivity index (χ1n) is 8.51. The highest BCUT2D eigenvalue weighted by Gasteiger charge is 2.31. The summed E-state index contributed by atoms with van der Waals surface area (Å²) in [6, 6.07) is 8.10.